The second-order valence-electron chi connectivity index (χ2n) is 8.92. The van der Waals surface area contributed by atoms with Crippen LogP contribution in [-0.2, 0) is 0 Å². The molecule has 0 spiro atoms. The highest BCUT2D eigenvalue weighted by Gasteiger charge is 2.24. The number of nitrogens with two attached hydrogens (primary N) is 1. The fraction of sp³-hybridized carbons (Fsp3) is 0.222. The minimum Gasteiger partial charge on any atom is -0.504 e. The quantitative estimate of drug-likeness (QED) is 0.349. The van der Waals surface area contributed by atoms with Crippen molar-refractivity contribution in [3.63, 3.8) is 0 Å². The number of phenolic OH excluding ortho intramolecular Hbond substituents is 1. The van der Waals surface area contributed by atoms with Crippen molar-refractivity contribution < 1.29 is 22.7 Å². The number of hydrogen-bond donors (Lipinski definition) is 2. The van der Waals surface area contributed by atoms with E-state index in [0.717, 1.165) is 18.9 Å². The number of anilines is 1. The van der Waals surface area contributed by atoms with Gasteiger partial charge in [-0.15, -0.1) is 0 Å². The van der Waals surface area contributed by atoms with Gasteiger partial charge in [-0.25, -0.2) is 17.6 Å². The zero-order chi connectivity index (χ0) is 24.9. The third-order valence-corrected chi connectivity index (χ3v) is 6.61. The molecule has 4 nitrogen and oxygen atoms in total. The molecule has 3 aromatic carbocycles. The van der Waals surface area contributed by atoms with E-state index in [0.29, 0.717) is 52.4 Å². The Morgan fingerprint density at radius 1 is 0.914 bits per heavy atom. The summed E-state index contributed by atoms with van der Waals surface area (Å²) < 4.78 is 56.8. The Balaban J connectivity index is 1.79. The number of fused-ring (bicyclic) bond motifs is 1. The molecule has 4 aromatic rings. The van der Waals surface area contributed by atoms with Gasteiger partial charge in [0.15, 0.2) is 11.6 Å². The third kappa shape index (κ3) is 4.18. The molecule has 0 unspecified atom stereocenters. The van der Waals surface area contributed by atoms with Crippen molar-refractivity contribution in [3.8, 4) is 28.0 Å². The number of aromatic nitrogens is 1. The average molecular weight is 481 g/mol. The molecule has 0 saturated carbocycles. The van der Waals surface area contributed by atoms with Gasteiger partial charge >= 0.3 is 0 Å². The van der Waals surface area contributed by atoms with E-state index >= 15 is 0 Å². The van der Waals surface area contributed by atoms with Crippen molar-refractivity contribution in [2.45, 2.75) is 25.8 Å². The van der Waals surface area contributed by atoms with Crippen molar-refractivity contribution in [2.75, 3.05) is 18.0 Å². The molecule has 0 amide bonds. The van der Waals surface area contributed by atoms with Gasteiger partial charge in [0, 0.05) is 54.0 Å². The first-order valence-corrected chi connectivity index (χ1v) is 11.3. The number of hydrogen-bond acceptors (Lipinski definition) is 4. The van der Waals surface area contributed by atoms with Crippen molar-refractivity contribution in [3.05, 3.63) is 77.5 Å². The minimum absolute atomic E-state index is 0.0400. The molecule has 3 N–H and O–H groups in total. The summed E-state index contributed by atoms with van der Waals surface area (Å²) in [6.45, 7) is 2.70. The highest BCUT2D eigenvalue weighted by atomic mass is 19.1. The molecule has 0 bridgehead atoms. The van der Waals surface area contributed by atoms with Gasteiger partial charge in [0.25, 0.3) is 0 Å². The van der Waals surface area contributed by atoms with Crippen LogP contribution in [0, 0.1) is 30.2 Å². The standard InChI is InChI=1S/C27H23F4N3O/c1-14-22(30)12-23(31)27(35)25(14)15-2-3-24-20(10-15)26(34-6-4-19(32)5-7-34)21(13-33-24)16-8-17(28)11-18(29)9-16/h2-3,8-13,19,35H,4-7,32H2,1H3. The van der Waals surface area contributed by atoms with Gasteiger partial charge in [-0.05, 0) is 60.7 Å². The zero-order valence-corrected chi connectivity index (χ0v) is 19.0. The number of piperidine rings is 1. The van der Waals surface area contributed by atoms with Crippen LogP contribution < -0.4 is 10.6 Å². The van der Waals surface area contributed by atoms with Crippen LogP contribution in [0.15, 0.2) is 48.7 Å². The lowest BCUT2D eigenvalue weighted by Gasteiger charge is -2.34. The average Bonchev–Trinajstić information content (AvgIpc) is 2.82. The van der Waals surface area contributed by atoms with Gasteiger partial charge in [-0.2, -0.15) is 0 Å². The van der Waals surface area contributed by atoms with E-state index in [9.17, 15) is 22.7 Å². The zero-order valence-electron chi connectivity index (χ0n) is 19.0. The van der Waals surface area contributed by atoms with Gasteiger partial charge in [0.2, 0.25) is 0 Å². The van der Waals surface area contributed by atoms with Crippen LogP contribution >= 0.6 is 0 Å². The summed E-state index contributed by atoms with van der Waals surface area (Å²) in [6.07, 6.45) is 3.04. The summed E-state index contributed by atoms with van der Waals surface area (Å²) in [4.78, 5) is 6.59. The lowest BCUT2D eigenvalue weighted by Crippen LogP contribution is -2.40. The summed E-state index contributed by atoms with van der Waals surface area (Å²) >= 11 is 0. The molecule has 1 aromatic heterocycles. The molecule has 1 saturated heterocycles. The molecule has 5 rings (SSSR count). The second kappa shape index (κ2) is 8.85. The molecule has 35 heavy (non-hydrogen) atoms. The van der Waals surface area contributed by atoms with E-state index in [1.165, 1.54) is 19.1 Å². The van der Waals surface area contributed by atoms with Crippen LogP contribution in [0.5, 0.6) is 5.75 Å². The van der Waals surface area contributed by atoms with Crippen LogP contribution in [0.1, 0.15) is 18.4 Å². The van der Waals surface area contributed by atoms with Gasteiger partial charge in [0.1, 0.15) is 17.5 Å². The van der Waals surface area contributed by atoms with Crippen molar-refractivity contribution in [2.24, 2.45) is 5.73 Å². The van der Waals surface area contributed by atoms with Crippen LogP contribution in [0.2, 0.25) is 0 Å². The molecule has 8 heteroatoms. The Kier molecular flexibility index (Phi) is 5.84. The highest BCUT2D eigenvalue weighted by Crippen LogP contribution is 2.42. The molecule has 1 aliphatic rings. The van der Waals surface area contributed by atoms with E-state index in [1.807, 2.05) is 0 Å². The number of phenols is 1. The van der Waals surface area contributed by atoms with Gasteiger partial charge in [-0.3, -0.25) is 4.98 Å². The molecule has 1 aliphatic heterocycles. The molecular weight excluding hydrogens is 458 g/mol. The Labute approximate surface area is 199 Å². The molecule has 0 radical (unpaired) electrons. The number of pyridine rings is 1. The fourth-order valence-corrected chi connectivity index (χ4v) is 4.78. The smallest absolute Gasteiger partial charge is 0.168 e. The first kappa shape index (κ1) is 23.1. The first-order chi connectivity index (χ1) is 16.7. The summed E-state index contributed by atoms with van der Waals surface area (Å²) in [5.74, 6) is -3.91. The summed E-state index contributed by atoms with van der Waals surface area (Å²) in [6, 6.07) is 9.02. The molecule has 1 fully saturated rings. The topological polar surface area (TPSA) is 62.4 Å². The fourth-order valence-electron chi connectivity index (χ4n) is 4.78. The highest BCUT2D eigenvalue weighted by molar-refractivity contribution is 6.02. The number of halogens is 4. The Bertz CT molecular complexity index is 1400. The van der Waals surface area contributed by atoms with E-state index in [4.69, 9.17) is 5.73 Å². The van der Waals surface area contributed by atoms with E-state index in [-0.39, 0.29) is 17.2 Å². The lowest BCUT2D eigenvalue weighted by molar-refractivity contribution is 0.429. The number of benzene rings is 3. The van der Waals surface area contributed by atoms with E-state index in [1.54, 1.807) is 24.4 Å². The summed E-state index contributed by atoms with van der Waals surface area (Å²) in [7, 11) is 0. The lowest BCUT2D eigenvalue weighted by atomic mass is 9.94. The Morgan fingerprint density at radius 2 is 1.60 bits per heavy atom. The van der Waals surface area contributed by atoms with Crippen molar-refractivity contribution in [1.82, 2.24) is 4.98 Å². The largest absolute Gasteiger partial charge is 0.504 e. The maximum Gasteiger partial charge on any atom is 0.168 e. The summed E-state index contributed by atoms with van der Waals surface area (Å²) in [5.41, 5.74) is 8.77. The van der Waals surface area contributed by atoms with Gasteiger partial charge in [-0.1, -0.05) is 6.07 Å². The normalized spacial score (nSPS) is 14.6. The SMILES string of the molecule is Cc1c(F)cc(F)c(O)c1-c1ccc2ncc(-c3cc(F)cc(F)c3)c(N3CCC(N)CC3)c2c1. The van der Waals surface area contributed by atoms with Crippen molar-refractivity contribution >= 4 is 16.6 Å². The second-order valence-corrected chi connectivity index (χ2v) is 8.92. The van der Waals surface area contributed by atoms with Gasteiger partial charge < -0.3 is 15.7 Å². The van der Waals surface area contributed by atoms with E-state index in [2.05, 4.69) is 9.88 Å². The predicted molar refractivity (Wildman–Crippen MR) is 128 cm³/mol. The molecule has 0 atom stereocenters. The van der Waals surface area contributed by atoms with Crippen LogP contribution in [-0.4, -0.2) is 29.2 Å². The Morgan fingerprint density at radius 3 is 2.29 bits per heavy atom. The predicted octanol–water partition coefficient (Wildman–Crippen LogP) is 6.07. The number of nitrogens with zero attached hydrogens (tertiary/aromatic N) is 2. The molecule has 2 heterocycles. The van der Waals surface area contributed by atoms with Crippen LogP contribution in [0.3, 0.4) is 0 Å². The molecule has 0 aliphatic carbocycles. The maximum absolute atomic E-state index is 14.3. The molecular formula is C27H23F4N3O. The van der Waals surface area contributed by atoms with Crippen LogP contribution in [0.25, 0.3) is 33.2 Å². The maximum atomic E-state index is 14.3. The third-order valence-electron chi connectivity index (χ3n) is 6.61. The van der Waals surface area contributed by atoms with Crippen molar-refractivity contribution in [1.29, 1.82) is 0 Å². The van der Waals surface area contributed by atoms with E-state index < -0.39 is 29.0 Å². The minimum atomic E-state index is -1.06. The monoisotopic (exact) mass is 481 g/mol. The number of rotatable bonds is 3. The molecule has 180 valence electrons. The summed E-state index contributed by atoms with van der Waals surface area (Å²) in [5, 5.41) is 11.0. The first-order valence-electron chi connectivity index (χ1n) is 11.3. The number of aromatic hydroxyl groups is 1. The van der Waals surface area contributed by atoms with Gasteiger partial charge in [0.05, 0.1) is 11.2 Å². The Hall–Kier alpha value is -3.65. The van der Waals surface area contributed by atoms with Crippen LogP contribution in [0.4, 0.5) is 23.2 Å².